The van der Waals surface area contributed by atoms with Crippen LogP contribution in [0, 0.1) is 73.0 Å². The first-order chi connectivity index (χ1) is 62.7. The number of nitrogens with zero attached hydrogens (tertiary/aromatic N) is 18. The van der Waals surface area contributed by atoms with Gasteiger partial charge in [-0.05, 0) is 278 Å². The van der Waals surface area contributed by atoms with Crippen LogP contribution in [0.1, 0.15) is 94.2 Å². The van der Waals surface area contributed by atoms with E-state index in [1.54, 1.807) is 66.7 Å². The van der Waals surface area contributed by atoms with Crippen molar-refractivity contribution in [1.29, 1.82) is 0 Å². The average Bonchev–Trinajstić information content (AvgIpc) is 1.64. The Morgan fingerprint density at radius 1 is 0.485 bits per heavy atom. The van der Waals surface area contributed by atoms with Crippen molar-refractivity contribution < 1.29 is 53.6 Å². The summed E-state index contributed by atoms with van der Waals surface area (Å²) in [5.41, 5.74) is 36.4. The Morgan fingerprint density at radius 2 is 0.909 bits per heavy atom. The summed E-state index contributed by atoms with van der Waals surface area (Å²) in [5, 5.41) is 32.9. The summed E-state index contributed by atoms with van der Waals surface area (Å²) in [7, 11) is 1.19. The Balaban J connectivity index is 0.000000175. The number of ether oxygens (including phenoxy) is 2. The molecule has 0 aliphatic carbocycles. The first kappa shape index (κ1) is 101. The Kier molecular flexibility index (Phi) is 36.8. The van der Waals surface area contributed by atoms with Gasteiger partial charge in [-0.25, -0.2) is 74.9 Å². The second kappa shape index (κ2) is 48.1. The number of carbonyl (C=O) groups is 4. The number of hydroxylamine groups is 1. The molecule has 17 aromatic heterocycles. The highest BCUT2D eigenvalue weighted by Gasteiger charge is 2.20. The van der Waals surface area contributed by atoms with Crippen LogP contribution < -0.4 is 42.8 Å². The molecule has 0 aromatic carbocycles. The maximum atomic E-state index is 11.5. The minimum Gasteiger partial charge on any atom is -0.465 e. The fourth-order valence-corrected chi connectivity index (χ4v) is 13.4. The minimum absolute atomic E-state index is 0. The van der Waals surface area contributed by atoms with Crippen LogP contribution in [0.25, 0.3) is 56.4 Å². The molecule has 0 fully saturated rings. The first-order valence-electron chi connectivity index (χ1n) is 40.0. The van der Waals surface area contributed by atoms with E-state index >= 15 is 0 Å². The summed E-state index contributed by atoms with van der Waals surface area (Å²) in [5.74, 6) is 2.08. The van der Waals surface area contributed by atoms with Crippen LogP contribution in [0.15, 0.2) is 262 Å². The van der Waals surface area contributed by atoms with E-state index in [1.165, 1.54) is 80.3 Å². The molecule has 12 N–H and O–H groups in total. The van der Waals surface area contributed by atoms with Crippen LogP contribution in [0.5, 0.6) is 0 Å². The molecule has 0 bridgehead atoms. The van der Waals surface area contributed by atoms with Crippen molar-refractivity contribution >= 4 is 151 Å². The zero-order chi connectivity index (χ0) is 94.7. The number of alkyl halides is 1. The summed E-state index contributed by atoms with van der Waals surface area (Å²) in [6.45, 7) is 25.6. The summed E-state index contributed by atoms with van der Waals surface area (Å²) in [6.07, 6.45) is 24.7. The van der Waals surface area contributed by atoms with Crippen LogP contribution in [0.2, 0.25) is 10.3 Å². The van der Waals surface area contributed by atoms with Crippen molar-refractivity contribution in [2.75, 3.05) is 42.2 Å². The normalized spacial score (nSPS) is 10.6. The van der Waals surface area contributed by atoms with E-state index in [9.17, 15) is 19.2 Å². The van der Waals surface area contributed by atoms with Gasteiger partial charge in [0.1, 0.15) is 73.6 Å². The van der Waals surface area contributed by atoms with Gasteiger partial charge in [0, 0.05) is 126 Å². The number of rotatable bonds is 12. The van der Waals surface area contributed by atoms with E-state index in [2.05, 4.69) is 204 Å². The van der Waals surface area contributed by atoms with Crippen LogP contribution in [0.3, 0.4) is 0 Å². The molecule has 1 aliphatic rings. The van der Waals surface area contributed by atoms with Gasteiger partial charge in [-0.15, -0.1) is 11.6 Å². The predicted molar refractivity (Wildman–Crippen MR) is 521 cm³/mol. The van der Waals surface area contributed by atoms with Gasteiger partial charge in [0.15, 0.2) is 0 Å². The standard InChI is InChI=1S/C21H19N5O2.C20H18N6O2.C14H12ClN3.C9H8IN2.C9H10N2.C7H8N2O2.C6H8N2.C5H5BClNO2.C3H5ClO.H2O/c1-13-7-9-26-19(10-13)24-14(2)20(26)15-6-8-22-18(11-15)25-17-5-4-16(12-23-17)21(27)28-3;1-12-6-8-26-18(9-12)23-13(2)19(26)14-5-7-21-17(10-14)24-16-4-3-15(11-22-16)20(27)25-28;1-9-4-6-18-13(7-9)17-10(2)14(18)11-3-5-16-12(15)8-11;1-6-3-4-12-8(5-6)11-7(2)9(12)10;1-7-3-4-11-6-8(2)10-9(11)5-7;1-11-7(10)5-2-3-6(8)9-4-5;1-5-2-3-8-6(7)4-5;7-5-3-4(6(9)10)1-2-8-5;1-3(5)2-4;/h4-12H,1-3H3,(H,22,23,25);3-11,28H,1-2H3,(H,25,27)(H,21,22,24);3-8H,1-2H3;3-5H,2H2,1H3;3-6H,1-2H3;2-4H,1H3,(H2,8,9);2-4H,1H3,(H2,7,8);1-3,9-10H;2H2,1H3;1H2/q;;;+1;;;;;;. The molecule has 676 valence electrons. The number of aromatic nitrogens is 17. The number of fused-ring (bicyclic) bond motifs is 5. The van der Waals surface area contributed by atoms with Gasteiger partial charge in [0.2, 0.25) is 9.42 Å². The number of nitrogen functional groups attached to an aromatic ring is 2. The van der Waals surface area contributed by atoms with Gasteiger partial charge >= 0.3 is 24.5 Å². The number of anilines is 6. The third-order valence-electron chi connectivity index (χ3n) is 18.7. The topological polar surface area (TPSA) is 458 Å². The van der Waals surface area contributed by atoms with Crippen LogP contribution in [-0.4, -0.2) is 149 Å². The number of hydrogen-bond acceptors (Lipinski definition) is 26. The number of nitrogens with two attached hydrogens (primary N) is 2. The maximum absolute atomic E-state index is 11.5. The number of nitrogens with one attached hydrogen (secondary N) is 3. The van der Waals surface area contributed by atoms with Crippen molar-refractivity contribution in [3.05, 3.63) is 349 Å². The van der Waals surface area contributed by atoms with Crippen molar-refractivity contribution in [3.8, 4) is 33.8 Å². The van der Waals surface area contributed by atoms with Gasteiger partial charge in [-0.3, -0.25) is 28.0 Å². The second-order valence-electron chi connectivity index (χ2n) is 29.2. The molecule has 18 rings (SSSR count). The van der Waals surface area contributed by atoms with E-state index in [0.717, 1.165) is 105 Å². The molecule has 0 saturated heterocycles. The van der Waals surface area contributed by atoms with Crippen molar-refractivity contribution in [2.24, 2.45) is 4.99 Å². The number of methoxy groups -OCH3 is 2. The molecule has 0 unspecified atom stereocenters. The number of esters is 2. The third kappa shape index (κ3) is 28.4. The van der Waals surface area contributed by atoms with Gasteiger partial charge in [-0.1, -0.05) is 23.2 Å². The van der Waals surface area contributed by atoms with Crippen LogP contribution >= 0.6 is 57.4 Å². The zero-order valence-electron chi connectivity index (χ0n) is 74.1. The van der Waals surface area contributed by atoms with E-state index in [0.29, 0.717) is 56.6 Å². The van der Waals surface area contributed by atoms with Crippen molar-refractivity contribution in [1.82, 2.24) is 82.9 Å². The number of hydrogen-bond donors (Lipinski definition) is 8. The molecule has 0 saturated carbocycles. The van der Waals surface area contributed by atoms with Gasteiger partial charge < -0.3 is 51.5 Å². The second-order valence-corrected chi connectivity index (χ2v) is 31.2. The maximum Gasteiger partial charge on any atom is 0.488 e. The molecule has 0 atom stereocenters. The zero-order valence-corrected chi connectivity index (χ0v) is 78.5. The van der Waals surface area contributed by atoms with Gasteiger partial charge in [-0.2, -0.15) is 4.24 Å². The molecule has 0 spiro atoms. The smallest absolute Gasteiger partial charge is 0.465 e. The summed E-state index contributed by atoms with van der Waals surface area (Å²) < 4.78 is 20.5. The van der Waals surface area contributed by atoms with Crippen LogP contribution in [0.4, 0.5) is 34.9 Å². The Hall–Kier alpha value is -14.7. The Labute approximate surface area is 788 Å². The highest BCUT2D eigenvalue weighted by molar-refractivity contribution is 14.1. The average molecular weight is 1950 g/mol. The molecule has 0 radical (unpaired) electrons. The Bertz CT molecular complexity index is 6860. The van der Waals surface area contributed by atoms with E-state index in [4.69, 9.17) is 61.5 Å². The molecule has 17 aromatic rings. The van der Waals surface area contributed by atoms with E-state index in [-0.39, 0.29) is 27.9 Å². The summed E-state index contributed by atoms with van der Waals surface area (Å²) >= 11 is 18.6. The molecule has 38 heteroatoms. The summed E-state index contributed by atoms with van der Waals surface area (Å²) in [6, 6.07) is 48.5. The van der Waals surface area contributed by atoms with E-state index in [1.807, 2.05) is 148 Å². The largest absolute Gasteiger partial charge is 0.488 e. The predicted octanol–water partition coefficient (Wildman–Crippen LogP) is 14.9. The molecule has 33 nitrogen and oxygen atoms in total. The van der Waals surface area contributed by atoms with Gasteiger partial charge in [0.25, 0.3) is 5.91 Å². The lowest BCUT2D eigenvalue weighted by molar-refractivity contribution is -0.523. The minimum atomic E-state index is -1.47. The fraction of sp³-hybridized carbons (Fsp3) is 0.149. The molecule has 1 amide bonds. The number of pyridine rings is 13. The van der Waals surface area contributed by atoms with E-state index < -0.39 is 25.0 Å². The molecular weight excluding hydrogens is 1860 g/mol. The lowest BCUT2D eigenvalue weighted by Gasteiger charge is -2.08. The quantitative estimate of drug-likeness (QED) is 0.00823. The Morgan fingerprint density at radius 3 is 1.32 bits per heavy atom. The number of allylic oxidation sites excluding steroid dienone is 1. The molecule has 132 heavy (non-hydrogen) atoms. The third-order valence-corrected chi connectivity index (χ3v) is 20.6. The number of imidazole rings is 4. The molecular formula is C94H95BCl3IN23O10+. The lowest BCUT2D eigenvalue weighted by atomic mass is 9.81. The SMILES string of the molecule is C=C1N=c2cc(C)cc[n+]2=C1I.CC(=O)CCl.COC(=O)c1ccc(N)nc1.COC(=O)c1ccc(Nc2cc(-c3c(C)nc4cc(C)ccn34)ccn2)nc1.Cc1ccn2c(-c3ccnc(Cl)c3)c(C)nc2c1.Cc1ccn2c(-c3ccnc(Nc4ccc(C(=O)NO)cn4)c3)c(C)nc2c1.Cc1ccn2cc(C)nc2c1.Cc1ccnc(N)c1.O.OB(O)c1ccnc(Cl)c1. The molecule has 18 heterocycles. The fourth-order valence-electron chi connectivity index (χ4n) is 12.5. The van der Waals surface area contributed by atoms with Crippen molar-refractivity contribution in [2.45, 2.75) is 76.2 Å². The number of aryl methyl sites for hydroxylation is 10. The number of halogens is 4. The number of carbonyl (C=O) groups excluding carboxylic acids is 4. The monoisotopic (exact) mass is 1950 g/mol. The lowest BCUT2D eigenvalue weighted by Crippen LogP contribution is -2.35. The highest BCUT2D eigenvalue weighted by atomic mass is 127. The van der Waals surface area contributed by atoms with Crippen LogP contribution in [-0.2, 0) is 14.3 Å². The first-order valence-corrected chi connectivity index (χ1v) is 42.3. The highest BCUT2D eigenvalue weighted by Crippen LogP contribution is 2.31. The number of amides is 1. The van der Waals surface area contributed by atoms with Gasteiger partial charge in [0.05, 0.1) is 82.8 Å². The number of ketones is 1. The molecule has 1 aliphatic heterocycles. The summed E-state index contributed by atoms with van der Waals surface area (Å²) in [4.78, 5) is 98.3. The van der Waals surface area contributed by atoms with Crippen molar-refractivity contribution in [3.63, 3.8) is 0 Å². The number of Topliss-reactive ketones (excluding diaryl/α,β-unsaturated/α-hetero) is 1.